The quantitative estimate of drug-likeness (QED) is 0.808. The molecule has 2 heterocycles. The van der Waals surface area contributed by atoms with Gasteiger partial charge in [-0.05, 0) is 19.1 Å². The molecule has 1 N–H and O–H groups in total. The summed E-state index contributed by atoms with van der Waals surface area (Å²) in [7, 11) is 0. The van der Waals surface area contributed by atoms with Crippen molar-refractivity contribution in [2.45, 2.75) is 18.2 Å². The molecule has 2 aromatic rings. The van der Waals surface area contributed by atoms with E-state index in [-0.39, 0.29) is 12.0 Å². The monoisotopic (exact) mass is 334 g/mol. The number of benzene rings is 1. The molecule has 0 fully saturated rings. The molecule has 0 radical (unpaired) electrons. The number of nitrogens with zero attached hydrogens (tertiary/aromatic N) is 3. The number of ether oxygens (including phenoxy) is 2. The highest BCUT2D eigenvalue weighted by atomic mass is 32.2. The summed E-state index contributed by atoms with van der Waals surface area (Å²) in [4.78, 5) is 18.1. The normalized spacial score (nSPS) is 16.1. The number of rotatable bonds is 6. The average molecular weight is 334 g/mol. The van der Waals surface area contributed by atoms with E-state index in [1.807, 2.05) is 31.2 Å². The zero-order chi connectivity index (χ0) is 16.1. The summed E-state index contributed by atoms with van der Waals surface area (Å²) in [6.45, 7) is 3.52. The van der Waals surface area contributed by atoms with Gasteiger partial charge in [-0.25, -0.2) is 4.98 Å². The van der Waals surface area contributed by atoms with E-state index in [9.17, 15) is 4.79 Å². The Morgan fingerprint density at radius 2 is 2.26 bits per heavy atom. The van der Waals surface area contributed by atoms with Gasteiger partial charge in [0.05, 0.1) is 12.3 Å². The zero-order valence-corrected chi connectivity index (χ0v) is 13.6. The molecule has 3 rings (SSSR count). The molecule has 1 amide bonds. The van der Waals surface area contributed by atoms with Crippen LogP contribution in [0.2, 0.25) is 0 Å². The van der Waals surface area contributed by atoms with E-state index in [0.717, 1.165) is 11.5 Å². The number of para-hydroxylation sites is 2. The summed E-state index contributed by atoms with van der Waals surface area (Å²) in [5.41, 5.74) is 0. The fourth-order valence-corrected chi connectivity index (χ4v) is 2.97. The largest absolute Gasteiger partial charge is 0.486 e. The molecule has 1 aliphatic rings. The third kappa shape index (κ3) is 3.95. The minimum absolute atomic E-state index is 0.0383. The number of amides is 1. The molecule has 1 aromatic heterocycles. The molecular formula is C15H18N4O3S. The summed E-state index contributed by atoms with van der Waals surface area (Å²) < 4.78 is 11.6. The number of H-pyrrole nitrogens is 1. The van der Waals surface area contributed by atoms with E-state index in [4.69, 9.17) is 9.47 Å². The zero-order valence-electron chi connectivity index (χ0n) is 12.8. The first-order chi connectivity index (χ1) is 11.3. The lowest BCUT2D eigenvalue weighted by atomic mass is 10.2. The Morgan fingerprint density at radius 1 is 1.43 bits per heavy atom. The van der Waals surface area contributed by atoms with Crippen LogP contribution >= 0.6 is 11.8 Å². The Bertz CT molecular complexity index is 650. The lowest BCUT2D eigenvalue weighted by Gasteiger charge is -2.30. The van der Waals surface area contributed by atoms with E-state index in [0.29, 0.717) is 30.6 Å². The Labute approximate surface area is 138 Å². The van der Waals surface area contributed by atoms with Crippen molar-refractivity contribution in [3.63, 3.8) is 0 Å². The van der Waals surface area contributed by atoms with Crippen molar-refractivity contribution in [3.8, 4) is 11.5 Å². The second-order valence-corrected chi connectivity index (χ2v) is 5.97. The Morgan fingerprint density at radius 3 is 3.00 bits per heavy atom. The highest BCUT2D eigenvalue weighted by molar-refractivity contribution is 7.99. The fourth-order valence-electron chi connectivity index (χ4n) is 2.29. The standard InChI is InChI=1S/C15H18N4O3S/c1-2-19(14(20)9-23-15-16-10-17-18-15)7-11-8-21-12-5-3-4-6-13(12)22-11/h3-6,10-11H,2,7-9H2,1H3,(H,16,17,18)/t11-/m0/s1. The summed E-state index contributed by atoms with van der Waals surface area (Å²) in [6.07, 6.45) is 1.26. The van der Waals surface area contributed by atoms with Crippen molar-refractivity contribution in [1.82, 2.24) is 20.1 Å². The van der Waals surface area contributed by atoms with Crippen molar-refractivity contribution in [2.75, 3.05) is 25.4 Å². The van der Waals surface area contributed by atoms with Crippen LogP contribution < -0.4 is 9.47 Å². The Hall–Kier alpha value is -2.22. The van der Waals surface area contributed by atoms with Gasteiger partial charge in [-0.3, -0.25) is 9.89 Å². The molecule has 0 bridgehead atoms. The summed E-state index contributed by atoms with van der Waals surface area (Å²) in [5, 5.41) is 7.13. The first-order valence-electron chi connectivity index (χ1n) is 7.40. The van der Waals surface area contributed by atoms with Gasteiger partial charge in [0.15, 0.2) is 22.8 Å². The van der Waals surface area contributed by atoms with Gasteiger partial charge in [0.2, 0.25) is 5.91 Å². The van der Waals surface area contributed by atoms with Crippen LogP contribution in [0.15, 0.2) is 35.7 Å². The average Bonchev–Trinajstić information content (AvgIpc) is 3.11. The number of carbonyl (C=O) groups excluding carboxylic acids is 1. The predicted octanol–water partition coefficient (Wildman–Crippen LogP) is 1.59. The van der Waals surface area contributed by atoms with Gasteiger partial charge in [0, 0.05) is 6.54 Å². The molecule has 0 saturated carbocycles. The molecule has 0 saturated heterocycles. The van der Waals surface area contributed by atoms with Gasteiger partial charge in [-0.15, -0.1) is 0 Å². The highest BCUT2D eigenvalue weighted by Crippen LogP contribution is 2.31. The SMILES string of the molecule is CCN(C[C@H]1COc2ccccc2O1)C(=O)CSc1ncn[nH]1. The number of thioether (sulfide) groups is 1. The Balaban J connectivity index is 1.54. The van der Waals surface area contributed by atoms with Crippen molar-refractivity contribution in [1.29, 1.82) is 0 Å². The number of hydrogen-bond donors (Lipinski definition) is 1. The first-order valence-corrected chi connectivity index (χ1v) is 8.39. The smallest absolute Gasteiger partial charge is 0.233 e. The molecule has 0 spiro atoms. The van der Waals surface area contributed by atoms with E-state index in [2.05, 4.69) is 15.2 Å². The molecule has 7 nitrogen and oxygen atoms in total. The van der Waals surface area contributed by atoms with Gasteiger partial charge in [0.1, 0.15) is 12.9 Å². The molecule has 122 valence electrons. The first kappa shape index (κ1) is 15.7. The number of hydrogen-bond acceptors (Lipinski definition) is 6. The van der Waals surface area contributed by atoms with Crippen LogP contribution in [0.5, 0.6) is 11.5 Å². The molecule has 1 aromatic carbocycles. The molecule has 0 unspecified atom stereocenters. The summed E-state index contributed by atoms with van der Waals surface area (Å²) in [6, 6.07) is 7.56. The minimum Gasteiger partial charge on any atom is -0.486 e. The van der Waals surface area contributed by atoms with Crippen molar-refractivity contribution < 1.29 is 14.3 Å². The van der Waals surface area contributed by atoms with Gasteiger partial charge < -0.3 is 14.4 Å². The third-order valence-electron chi connectivity index (χ3n) is 3.45. The lowest BCUT2D eigenvalue weighted by Crippen LogP contribution is -2.44. The van der Waals surface area contributed by atoms with Crippen molar-refractivity contribution >= 4 is 17.7 Å². The lowest BCUT2D eigenvalue weighted by molar-refractivity contribution is -0.129. The summed E-state index contributed by atoms with van der Waals surface area (Å²) in [5.74, 6) is 1.83. The van der Waals surface area contributed by atoms with E-state index in [1.54, 1.807) is 4.90 Å². The molecule has 1 aliphatic heterocycles. The van der Waals surface area contributed by atoms with Gasteiger partial charge in [0.25, 0.3) is 0 Å². The van der Waals surface area contributed by atoms with Gasteiger partial charge >= 0.3 is 0 Å². The van der Waals surface area contributed by atoms with E-state index >= 15 is 0 Å². The van der Waals surface area contributed by atoms with Crippen LogP contribution in [-0.2, 0) is 4.79 Å². The van der Waals surface area contributed by atoms with Crippen LogP contribution in [0.4, 0.5) is 0 Å². The molecular weight excluding hydrogens is 316 g/mol. The van der Waals surface area contributed by atoms with E-state index in [1.165, 1.54) is 18.1 Å². The third-order valence-corrected chi connectivity index (χ3v) is 4.31. The maximum atomic E-state index is 12.3. The van der Waals surface area contributed by atoms with Gasteiger partial charge in [-0.1, -0.05) is 23.9 Å². The number of nitrogens with one attached hydrogen (secondary N) is 1. The fraction of sp³-hybridized carbons (Fsp3) is 0.400. The number of fused-ring (bicyclic) bond motifs is 1. The molecule has 23 heavy (non-hydrogen) atoms. The second kappa shape index (κ2) is 7.36. The van der Waals surface area contributed by atoms with Crippen LogP contribution in [0.3, 0.4) is 0 Å². The highest BCUT2D eigenvalue weighted by Gasteiger charge is 2.24. The van der Waals surface area contributed by atoms with Crippen molar-refractivity contribution in [2.24, 2.45) is 0 Å². The second-order valence-electron chi connectivity index (χ2n) is 5.01. The topological polar surface area (TPSA) is 80.3 Å². The van der Waals surface area contributed by atoms with Crippen LogP contribution in [0.25, 0.3) is 0 Å². The molecule has 1 atom stereocenters. The number of carbonyl (C=O) groups is 1. The number of likely N-dealkylation sites (N-methyl/N-ethyl adjacent to an activating group) is 1. The molecule has 8 heteroatoms. The van der Waals surface area contributed by atoms with Gasteiger partial charge in [-0.2, -0.15) is 5.10 Å². The van der Waals surface area contributed by atoms with E-state index < -0.39 is 0 Å². The Kier molecular flexibility index (Phi) is 5.02. The number of aromatic amines is 1. The number of aromatic nitrogens is 3. The predicted molar refractivity (Wildman–Crippen MR) is 85.7 cm³/mol. The van der Waals surface area contributed by atoms with Crippen LogP contribution in [0.1, 0.15) is 6.92 Å². The molecule has 0 aliphatic carbocycles. The summed E-state index contributed by atoms with van der Waals surface area (Å²) >= 11 is 1.34. The van der Waals surface area contributed by atoms with Crippen molar-refractivity contribution in [3.05, 3.63) is 30.6 Å². The maximum absolute atomic E-state index is 12.3. The van der Waals surface area contributed by atoms with Crippen LogP contribution in [-0.4, -0.2) is 57.5 Å². The van der Waals surface area contributed by atoms with Crippen LogP contribution in [0, 0.1) is 0 Å². The minimum atomic E-state index is -0.163. The maximum Gasteiger partial charge on any atom is 0.233 e.